The van der Waals surface area contributed by atoms with Gasteiger partial charge in [0.2, 0.25) is 5.89 Å². The molecule has 0 radical (unpaired) electrons. The van der Waals surface area contributed by atoms with Crippen molar-refractivity contribution in [1.29, 1.82) is 0 Å². The maximum Gasteiger partial charge on any atom is 0.257 e. The number of carbonyl (C=O) groups excluding carboxylic acids is 1. The van der Waals surface area contributed by atoms with Gasteiger partial charge in [-0.05, 0) is 89.2 Å². The topological polar surface area (TPSA) is 55.1 Å². The van der Waals surface area contributed by atoms with Crippen LogP contribution in [0.4, 0.5) is 5.69 Å². The lowest BCUT2D eigenvalue weighted by molar-refractivity contribution is 0.102. The van der Waals surface area contributed by atoms with Gasteiger partial charge in [0.15, 0.2) is 5.58 Å². The Morgan fingerprint density at radius 3 is 2.64 bits per heavy atom. The lowest BCUT2D eigenvalue weighted by Gasteiger charge is -2.07. The van der Waals surface area contributed by atoms with E-state index in [2.05, 4.69) is 39.8 Å². The van der Waals surface area contributed by atoms with Crippen molar-refractivity contribution in [2.75, 3.05) is 5.32 Å². The van der Waals surface area contributed by atoms with Crippen molar-refractivity contribution in [2.24, 2.45) is 0 Å². The van der Waals surface area contributed by atoms with Crippen LogP contribution in [-0.4, -0.2) is 10.9 Å². The van der Waals surface area contributed by atoms with Crippen LogP contribution < -0.4 is 5.32 Å². The van der Waals surface area contributed by atoms with Crippen LogP contribution in [0.1, 0.15) is 22.8 Å². The molecule has 0 aliphatic rings. The van der Waals surface area contributed by atoms with Gasteiger partial charge in [-0.1, -0.05) is 24.6 Å². The molecule has 1 N–H and O–H groups in total. The van der Waals surface area contributed by atoms with E-state index < -0.39 is 0 Å². The fourth-order valence-electron chi connectivity index (χ4n) is 2.88. The molecule has 0 saturated carbocycles. The summed E-state index contributed by atoms with van der Waals surface area (Å²) in [7, 11) is 0. The third kappa shape index (κ3) is 3.91. The Kier molecular flexibility index (Phi) is 5.37. The molecule has 0 saturated heterocycles. The summed E-state index contributed by atoms with van der Waals surface area (Å²) >= 11 is 8.29. The first kappa shape index (κ1) is 19.0. The summed E-state index contributed by atoms with van der Waals surface area (Å²) < 4.78 is 6.80. The van der Waals surface area contributed by atoms with Gasteiger partial charge in [-0.15, -0.1) is 0 Å². The van der Waals surface area contributed by atoms with Gasteiger partial charge in [-0.25, -0.2) is 4.98 Å². The van der Waals surface area contributed by atoms with E-state index in [1.54, 1.807) is 12.1 Å². The summed E-state index contributed by atoms with van der Waals surface area (Å²) in [5.41, 5.74) is 4.80. The van der Waals surface area contributed by atoms with Crippen molar-refractivity contribution in [3.05, 3.63) is 80.4 Å². The number of nitrogens with zero attached hydrogens (tertiary/aromatic N) is 1. The second kappa shape index (κ2) is 7.93. The molecule has 140 valence electrons. The highest BCUT2D eigenvalue weighted by molar-refractivity contribution is 14.1. The molecule has 3 aromatic carbocycles. The first-order valence-corrected chi connectivity index (χ1v) is 10.3. The van der Waals surface area contributed by atoms with E-state index in [0.29, 0.717) is 22.2 Å². The maximum absolute atomic E-state index is 12.5. The number of carbonyl (C=O) groups is 1. The largest absolute Gasteiger partial charge is 0.436 e. The Hall–Kier alpha value is -2.38. The molecule has 6 heteroatoms. The van der Waals surface area contributed by atoms with Gasteiger partial charge >= 0.3 is 0 Å². The van der Waals surface area contributed by atoms with E-state index in [1.807, 2.05) is 48.5 Å². The third-order valence-electron chi connectivity index (χ3n) is 4.42. The Morgan fingerprint density at radius 2 is 1.89 bits per heavy atom. The molecular weight excluding hydrogens is 487 g/mol. The van der Waals surface area contributed by atoms with E-state index in [1.165, 1.54) is 5.56 Å². The van der Waals surface area contributed by atoms with Gasteiger partial charge in [0.1, 0.15) is 5.52 Å². The van der Waals surface area contributed by atoms with Crippen LogP contribution in [0.5, 0.6) is 0 Å². The van der Waals surface area contributed by atoms with E-state index in [-0.39, 0.29) is 5.91 Å². The molecule has 0 aliphatic carbocycles. The maximum atomic E-state index is 12.5. The predicted molar refractivity (Wildman–Crippen MR) is 121 cm³/mol. The number of aryl methyl sites for hydroxylation is 1. The van der Waals surface area contributed by atoms with Crippen molar-refractivity contribution in [3.8, 4) is 11.5 Å². The van der Waals surface area contributed by atoms with Gasteiger partial charge in [-0.2, -0.15) is 0 Å². The molecule has 4 rings (SSSR count). The number of hydrogen-bond acceptors (Lipinski definition) is 3. The van der Waals surface area contributed by atoms with Crippen molar-refractivity contribution >= 4 is 56.9 Å². The second-order valence-corrected chi connectivity index (χ2v) is 7.98. The highest BCUT2D eigenvalue weighted by atomic mass is 127. The second-order valence-electron chi connectivity index (χ2n) is 6.33. The standard InChI is InChI=1S/C22H16ClIN2O2/c1-2-13-3-10-20-19(11-13)26-22(28-20)14-4-7-16(8-5-14)25-21(27)17-12-15(24)6-9-18(17)23/h3-12H,2H2,1H3,(H,25,27). The summed E-state index contributed by atoms with van der Waals surface area (Å²) in [4.78, 5) is 17.1. The Balaban J connectivity index is 1.55. The minimum absolute atomic E-state index is 0.245. The first-order valence-electron chi connectivity index (χ1n) is 8.80. The zero-order valence-electron chi connectivity index (χ0n) is 15.0. The zero-order chi connectivity index (χ0) is 19.7. The van der Waals surface area contributed by atoms with Crippen LogP contribution in [0.3, 0.4) is 0 Å². The van der Waals surface area contributed by atoms with Crippen LogP contribution in [0.25, 0.3) is 22.6 Å². The van der Waals surface area contributed by atoms with Crippen molar-refractivity contribution < 1.29 is 9.21 Å². The number of rotatable bonds is 4. The monoisotopic (exact) mass is 502 g/mol. The zero-order valence-corrected chi connectivity index (χ0v) is 17.9. The third-order valence-corrected chi connectivity index (χ3v) is 5.42. The van der Waals surface area contributed by atoms with Gasteiger partial charge in [0.05, 0.1) is 10.6 Å². The molecule has 0 aliphatic heterocycles. The van der Waals surface area contributed by atoms with Gasteiger partial charge in [0.25, 0.3) is 5.91 Å². The molecule has 1 amide bonds. The van der Waals surface area contributed by atoms with E-state index in [9.17, 15) is 4.79 Å². The number of fused-ring (bicyclic) bond motifs is 1. The van der Waals surface area contributed by atoms with E-state index in [0.717, 1.165) is 26.7 Å². The van der Waals surface area contributed by atoms with Crippen LogP contribution >= 0.6 is 34.2 Å². The number of oxazole rings is 1. The lowest BCUT2D eigenvalue weighted by Crippen LogP contribution is -2.12. The van der Waals surface area contributed by atoms with E-state index >= 15 is 0 Å². The van der Waals surface area contributed by atoms with Gasteiger partial charge in [0, 0.05) is 14.8 Å². The molecule has 0 spiro atoms. The number of anilines is 1. The SMILES string of the molecule is CCc1ccc2oc(-c3ccc(NC(=O)c4cc(I)ccc4Cl)cc3)nc2c1. The lowest BCUT2D eigenvalue weighted by atomic mass is 10.1. The summed E-state index contributed by atoms with van der Waals surface area (Å²) in [6.07, 6.45) is 0.955. The molecule has 0 unspecified atom stereocenters. The van der Waals surface area contributed by atoms with Crippen LogP contribution in [0, 0.1) is 3.57 Å². The Bertz CT molecular complexity index is 1170. The van der Waals surface area contributed by atoms with Crippen LogP contribution in [-0.2, 0) is 6.42 Å². The van der Waals surface area contributed by atoms with Crippen molar-refractivity contribution in [2.45, 2.75) is 13.3 Å². The molecular formula is C22H16ClIN2O2. The molecule has 1 aromatic heterocycles. The fourth-order valence-corrected chi connectivity index (χ4v) is 3.58. The van der Waals surface area contributed by atoms with Gasteiger partial charge < -0.3 is 9.73 Å². The predicted octanol–water partition coefficient (Wildman–Crippen LogP) is 6.57. The number of amides is 1. The highest BCUT2D eigenvalue weighted by Crippen LogP contribution is 2.27. The number of nitrogens with one attached hydrogen (secondary N) is 1. The smallest absolute Gasteiger partial charge is 0.257 e. The van der Waals surface area contributed by atoms with E-state index in [4.69, 9.17) is 16.0 Å². The molecule has 4 nitrogen and oxygen atoms in total. The average Bonchev–Trinajstić information content (AvgIpc) is 3.13. The fraction of sp³-hybridized carbons (Fsp3) is 0.0909. The highest BCUT2D eigenvalue weighted by Gasteiger charge is 2.12. The normalized spacial score (nSPS) is 11.0. The summed E-state index contributed by atoms with van der Waals surface area (Å²) in [5, 5.41) is 3.29. The Morgan fingerprint density at radius 1 is 1.11 bits per heavy atom. The average molecular weight is 503 g/mol. The molecule has 0 bridgehead atoms. The molecule has 0 atom stereocenters. The minimum atomic E-state index is -0.245. The summed E-state index contributed by atoms with van der Waals surface area (Å²) in [6.45, 7) is 2.11. The minimum Gasteiger partial charge on any atom is -0.436 e. The number of benzene rings is 3. The summed E-state index contributed by atoms with van der Waals surface area (Å²) in [6, 6.07) is 18.8. The van der Waals surface area contributed by atoms with Crippen molar-refractivity contribution in [3.63, 3.8) is 0 Å². The quantitative estimate of drug-likeness (QED) is 0.321. The number of aromatic nitrogens is 1. The number of halogens is 2. The van der Waals surface area contributed by atoms with Crippen molar-refractivity contribution in [1.82, 2.24) is 4.98 Å². The van der Waals surface area contributed by atoms with Gasteiger partial charge in [-0.3, -0.25) is 4.79 Å². The Labute approximate surface area is 181 Å². The number of hydrogen-bond donors (Lipinski definition) is 1. The first-order chi connectivity index (χ1) is 13.5. The van der Waals surface area contributed by atoms with Crippen LogP contribution in [0.2, 0.25) is 5.02 Å². The van der Waals surface area contributed by atoms with Crippen LogP contribution in [0.15, 0.2) is 65.1 Å². The molecule has 1 heterocycles. The molecule has 0 fully saturated rings. The molecule has 4 aromatic rings. The molecule has 28 heavy (non-hydrogen) atoms. The summed E-state index contributed by atoms with van der Waals surface area (Å²) in [5.74, 6) is 0.312.